The molecule has 5 heteroatoms. The maximum absolute atomic E-state index is 11.6. The Kier molecular flexibility index (Phi) is 4.87. The summed E-state index contributed by atoms with van der Waals surface area (Å²) in [5.41, 5.74) is 5.68. The Balaban J connectivity index is 1.87. The highest BCUT2D eigenvalue weighted by Gasteiger charge is 2.16. The average Bonchev–Trinajstić information content (AvgIpc) is 3.14. The minimum atomic E-state index is -0.978. The molecule has 0 fully saturated rings. The Morgan fingerprint density at radius 3 is 2.41 bits per heavy atom. The van der Waals surface area contributed by atoms with E-state index in [4.69, 9.17) is 5.10 Å². The molecule has 0 aliphatic heterocycles. The second-order valence-corrected chi connectivity index (χ2v) is 6.96. The third-order valence-electron chi connectivity index (χ3n) is 4.79. The van der Waals surface area contributed by atoms with Gasteiger partial charge >= 0.3 is 5.97 Å². The summed E-state index contributed by atoms with van der Waals surface area (Å²) >= 11 is 0. The highest BCUT2D eigenvalue weighted by atomic mass is 16.4. The second kappa shape index (κ2) is 7.64. The van der Waals surface area contributed by atoms with Crippen molar-refractivity contribution in [1.29, 1.82) is 0 Å². The molecule has 1 aromatic heterocycles. The zero-order valence-corrected chi connectivity index (χ0v) is 16.3. The van der Waals surface area contributed by atoms with Crippen LogP contribution in [-0.2, 0) is 0 Å². The van der Waals surface area contributed by atoms with Crippen molar-refractivity contribution in [3.63, 3.8) is 0 Å². The molecule has 0 saturated heterocycles. The number of para-hydroxylation sites is 1. The molecule has 0 amide bonds. The first-order valence-electron chi connectivity index (χ1n) is 9.35. The van der Waals surface area contributed by atoms with Crippen LogP contribution in [0.25, 0.3) is 16.9 Å². The van der Waals surface area contributed by atoms with Gasteiger partial charge in [0.2, 0.25) is 0 Å². The van der Waals surface area contributed by atoms with Gasteiger partial charge in [-0.05, 0) is 43.2 Å². The van der Waals surface area contributed by atoms with Crippen LogP contribution in [0.5, 0.6) is 0 Å². The van der Waals surface area contributed by atoms with Crippen LogP contribution in [0.3, 0.4) is 0 Å². The number of aryl methyl sites for hydroxylation is 2. The predicted octanol–water partition coefficient (Wildman–Crippen LogP) is 5.60. The predicted molar refractivity (Wildman–Crippen MR) is 115 cm³/mol. The highest BCUT2D eigenvalue weighted by Crippen LogP contribution is 2.29. The molecule has 0 bridgehead atoms. The minimum absolute atomic E-state index is 0.211. The van der Waals surface area contributed by atoms with Crippen molar-refractivity contribution in [2.75, 3.05) is 5.32 Å². The first-order chi connectivity index (χ1) is 14.0. The first-order valence-corrected chi connectivity index (χ1v) is 9.35. The topological polar surface area (TPSA) is 67.2 Å². The van der Waals surface area contributed by atoms with E-state index in [2.05, 4.69) is 23.5 Å². The molecule has 0 radical (unpaired) electrons. The van der Waals surface area contributed by atoms with Gasteiger partial charge in [0, 0.05) is 11.6 Å². The molecule has 0 spiro atoms. The van der Waals surface area contributed by atoms with Crippen LogP contribution >= 0.6 is 0 Å². The summed E-state index contributed by atoms with van der Waals surface area (Å²) in [6, 6.07) is 24.9. The molecule has 0 saturated carbocycles. The normalized spacial score (nSPS) is 10.7. The van der Waals surface area contributed by atoms with Gasteiger partial charge in [0.05, 0.1) is 22.6 Å². The molecule has 1 heterocycles. The van der Waals surface area contributed by atoms with Crippen molar-refractivity contribution in [3.05, 3.63) is 95.6 Å². The molecule has 144 valence electrons. The van der Waals surface area contributed by atoms with Crippen molar-refractivity contribution in [2.45, 2.75) is 13.8 Å². The van der Waals surface area contributed by atoms with Gasteiger partial charge in [0.1, 0.15) is 5.82 Å². The fourth-order valence-electron chi connectivity index (χ4n) is 3.27. The summed E-state index contributed by atoms with van der Waals surface area (Å²) in [4.78, 5) is 11.6. The van der Waals surface area contributed by atoms with Gasteiger partial charge in [0.25, 0.3) is 0 Å². The number of anilines is 2. The van der Waals surface area contributed by atoms with E-state index < -0.39 is 5.97 Å². The summed E-state index contributed by atoms with van der Waals surface area (Å²) in [5.74, 6) is -0.277. The van der Waals surface area contributed by atoms with E-state index in [9.17, 15) is 9.90 Å². The number of hydrogen-bond acceptors (Lipinski definition) is 3. The standard InChI is InChI=1S/C24H21N3O2/c1-16-12-13-17(2)22(14-16)27-23(15-21(26-27)18-8-4-3-5-9-18)25-20-11-7-6-10-19(20)24(28)29/h3-15,25H,1-2H3,(H,28,29). The van der Waals surface area contributed by atoms with Crippen LogP contribution in [0, 0.1) is 13.8 Å². The number of rotatable bonds is 5. The molecule has 5 nitrogen and oxygen atoms in total. The number of carbonyl (C=O) groups is 1. The lowest BCUT2D eigenvalue weighted by Gasteiger charge is -2.14. The zero-order valence-electron chi connectivity index (χ0n) is 16.3. The van der Waals surface area contributed by atoms with Crippen molar-refractivity contribution >= 4 is 17.5 Å². The number of aromatic nitrogens is 2. The quantitative estimate of drug-likeness (QED) is 0.471. The number of hydrogen-bond donors (Lipinski definition) is 2. The molecular formula is C24H21N3O2. The number of nitrogens with one attached hydrogen (secondary N) is 1. The van der Waals surface area contributed by atoms with Crippen molar-refractivity contribution in [3.8, 4) is 16.9 Å². The van der Waals surface area contributed by atoms with E-state index in [-0.39, 0.29) is 5.56 Å². The Labute approximate surface area is 169 Å². The van der Waals surface area contributed by atoms with E-state index in [1.807, 2.05) is 61.0 Å². The Morgan fingerprint density at radius 2 is 1.66 bits per heavy atom. The second-order valence-electron chi connectivity index (χ2n) is 6.96. The SMILES string of the molecule is Cc1ccc(C)c(-n2nc(-c3ccccc3)cc2Nc2ccccc2C(=O)O)c1. The summed E-state index contributed by atoms with van der Waals surface area (Å²) in [5, 5.41) is 17.6. The molecule has 4 rings (SSSR count). The van der Waals surface area contributed by atoms with E-state index in [1.165, 1.54) is 0 Å². The van der Waals surface area contributed by atoms with Crippen LogP contribution < -0.4 is 5.32 Å². The van der Waals surface area contributed by atoms with Crippen LogP contribution in [-0.4, -0.2) is 20.9 Å². The maximum atomic E-state index is 11.6. The number of carboxylic acid groups (broad SMARTS) is 1. The Bertz CT molecular complexity index is 1180. The van der Waals surface area contributed by atoms with Crippen LogP contribution in [0.2, 0.25) is 0 Å². The first kappa shape index (κ1) is 18.5. The Morgan fingerprint density at radius 1 is 0.931 bits per heavy atom. The zero-order chi connectivity index (χ0) is 20.4. The monoisotopic (exact) mass is 383 g/mol. The molecule has 4 aromatic rings. The molecule has 0 unspecified atom stereocenters. The minimum Gasteiger partial charge on any atom is -0.478 e. The van der Waals surface area contributed by atoms with Crippen molar-refractivity contribution < 1.29 is 9.90 Å². The highest BCUT2D eigenvalue weighted by molar-refractivity contribution is 5.95. The van der Waals surface area contributed by atoms with Gasteiger partial charge in [-0.2, -0.15) is 5.10 Å². The fourth-order valence-corrected chi connectivity index (χ4v) is 3.27. The lowest BCUT2D eigenvalue weighted by atomic mass is 10.1. The maximum Gasteiger partial charge on any atom is 0.337 e. The molecule has 0 aliphatic carbocycles. The lowest BCUT2D eigenvalue weighted by molar-refractivity contribution is 0.0698. The molecule has 0 atom stereocenters. The number of benzene rings is 3. The average molecular weight is 383 g/mol. The van der Waals surface area contributed by atoms with Crippen LogP contribution in [0.15, 0.2) is 78.9 Å². The summed E-state index contributed by atoms with van der Waals surface area (Å²) in [6.07, 6.45) is 0. The molecule has 3 aromatic carbocycles. The number of carboxylic acids is 1. The van der Waals surface area contributed by atoms with Gasteiger partial charge < -0.3 is 10.4 Å². The molecule has 2 N–H and O–H groups in total. The third-order valence-corrected chi connectivity index (χ3v) is 4.79. The van der Waals surface area contributed by atoms with E-state index in [1.54, 1.807) is 18.2 Å². The van der Waals surface area contributed by atoms with Gasteiger partial charge in [-0.15, -0.1) is 0 Å². The van der Waals surface area contributed by atoms with E-state index in [0.29, 0.717) is 11.5 Å². The summed E-state index contributed by atoms with van der Waals surface area (Å²) in [6.45, 7) is 4.07. The number of aromatic carboxylic acids is 1. The van der Waals surface area contributed by atoms with Crippen LogP contribution in [0.1, 0.15) is 21.5 Å². The molecule has 0 aliphatic rings. The van der Waals surface area contributed by atoms with Gasteiger partial charge in [-0.25, -0.2) is 9.48 Å². The Hall–Kier alpha value is -3.86. The number of nitrogens with zero attached hydrogens (tertiary/aromatic N) is 2. The van der Waals surface area contributed by atoms with Crippen LogP contribution in [0.4, 0.5) is 11.5 Å². The van der Waals surface area contributed by atoms with E-state index in [0.717, 1.165) is 28.1 Å². The van der Waals surface area contributed by atoms with Crippen molar-refractivity contribution in [2.24, 2.45) is 0 Å². The van der Waals surface area contributed by atoms with Gasteiger partial charge in [-0.3, -0.25) is 0 Å². The summed E-state index contributed by atoms with van der Waals surface area (Å²) in [7, 11) is 0. The van der Waals surface area contributed by atoms with E-state index >= 15 is 0 Å². The lowest BCUT2D eigenvalue weighted by Crippen LogP contribution is -2.07. The smallest absolute Gasteiger partial charge is 0.337 e. The van der Waals surface area contributed by atoms with Gasteiger partial charge in [0.15, 0.2) is 0 Å². The van der Waals surface area contributed by atoms with Gasteiger partial charge in [-0.1, -0.05) is 54.6 Å². The van der Waals surface area contributed by atoms with Crippen molar-refractivity contribution in [1.82, 2.24) is 9.78 Å². The fraction of sp³-hybridized carbons (Fsp3) is 0.0833. The third kappa shape index (κ3) is 3.75. The molecule has 29 heavy (non-hydrogen) atoms. The summed E-state index contributed by atoms with van der Waals surface area (Å²) < 4.78 is 1.84. The largest absolute Gasteiger partial charge is 0.478 e. The molecular weight excluding hydrogens is 362 g/mol.